The van der Waals surface area contributed by atoms with E-state index in [2.05, 4.69) is 26.5 Å². The summed E-state index contributed by atoms with van der Waals surface area (Å²) in [5.74, 6) is 0. The molecule has 24 heavy (non-hydrogen) atoms. The maximum atomic E-state index is 6.08. The van der Waals surface area contributed by atoms with E-state index in [1.807, 2.05) is 30.9 Å². The number of hydrogen-bond acceptors (Lipinski definition) is 4. The average molecular weight is 326 g/mol. The third-order valence-electron chi connectivity index (χ3n) is 5.50. The van der Waals surface area contributed by atoms with Gasteiger partial charge in [0.05, 0.1) is 25.2 Å². The number of hydrogen-bond donors (Lipinski definition) is 0. The number of fused-ring (bicyclic) bond motifs is 1. The lowest BCUT2D eigenvalue weighted by molar-refractivity contribution is 0.0193. The summed E-state index contributed by atoms with van der Waals surface area (Å²) in [5, 5.41) is 0. The average Bonchev–Trinajstić information content (AvgIpc) is 3.26. The molecule has 1 unspecified atom stereocenters. The fourth-order valence-electron chi connectivity index (χ4n) is 4.15. The summed E-state index contributed by atoms with van der Waals surface area (Å²) in [4.78, 5) is 11.3. The Hall–Kier alpha value is -1.72. The van der Waals surface area contributed by atoms with Crippen LogP contribution in [0, 0.1) is 0 Å². The van der Waals surface area contributed by atoms with Gasteiger partial charge in [0.1, 0.15) is 0 Å². The Morgan fingerprint density at radius 1 is 1.21 bits per heavy atom. The molecular formula is C19H26N4O. The van der Waals surface area contributed by atoms with Gasteiger partial charge in [0, 0.05) is 50.2 Å². The van der Waals surface area contributed by atoms with Gasteiger partial charge < -0.3 is 9.30 Å². The fourth-order valence-corrected chi connectivity index (χ4v) is 4.15. The highest BCUT2D eigenvalue weighted by Gasteiger charge is 2.34. The maximum absolute atomic E-state index is 6.08. The van der Waals surface area contributed by atoms with Crippen LogP contribution in [-0.2, 0) is 31.4 Å². The number of imidazole rings is 1. The van der Waals surface area contributed by atoms with Gasteiger partial charge in [0.15, 0.2) is 0 Å². The highest BCUT2D eigenvalue weighted by atomic mass is 16.5. The molecule has 0 radical (unpaired) electrons. The van der Waals surface area contributed by atoms with Crippen LogP contribution in [0.2, 0.25) is 0 Å². The van der Waals surface area contributed by atoms with Crippen molar-refractivity contribution in [2.45, 2.75) is 57.3 Å². The fraction of sp³-hybridized carbons (Fsp3) is 0.579. The summed E-state index contributed by atoms with van der Waals surface area (Å²) in [6, 6.07) is 5.21. The first-order chi connectivity index (χ1) is 11.8. The van der Waals surface area contributed by atoms with Crippen LogP contribution in [0.3, 0.4) is 0 Å². The van der Waals surface area contributed by atoms with Gasteiger partial charge in [0.25, 0.3) is 0 Å². The molecule has 0 aromatic carbocycles. The first-order valence-corrected chi connectivity index (χ1v) is 9.02. The lowest BCUT2D eigenvalue weighted by atomic mass is 9.99. The molecule has 1 saturated carbocycles. The molecular weight excluding hydrogens is 300 g/mol. The molecule has 0 amide bonds. The van der Waals surface area contributed by atoms with Crippen molar-refractivity contribution in [1.29, 1.82) is 0 Å². The summed E-state index contributed by atoms with van der Waals surface area (Å²) >= 11 is 0. The molecule has 0 saturated heterocycles. The predicted octanol–water partition coefficient (Wildman–Crippen LogP) is 2.70. The molecule has 2 aromatic rings. The lowest BCUT2D eigenvalue weighted by Gasteiger charge is -2.39. The molecule has 0 spiro atoms. The molecule has 1 aliphatic carbocycles. The van der Waals surface area contributed by atoms with Gasteiger partial charge in [-0.2, -0.15) is 0 Å². The molecule has 1 aliphatic heterocycles. The zero-order valence-electron chi connectivity index (χ0n) is 14.4. The molecule has 5 heteroatoms. The first-order valence-electron chi connectivity index (χ1n) is 9.02. The van der Waals surface area contributed by atoms with Gasteiger partial charge in [-0.05, 0) is 30.5 Å². The molecule has 2 aromatic heterocycles. The molecule has 4 rings (SSSR count). The van der Waals surface area contributed by atoms with E-state index in [1.54, 1.807) is 0 Å². The van der Waals surface area contributed by atoms with Crippen molar-refractivity contribution in [1.82, 2.24) is 19.4 Å². The van der Waals surface area contributed by atoms with E-state index in [1.165, 1.54) is 42.6 Å². The Balaban J connectivity index is 1.44. The van der Waals surface area contributed by atoms with Crippen LogP contribution in [0.4, 0.5) is 0 Å². The number of nitrogens with zero attached hydrogens (tertiary/aromatic N) is 4. The van der Waals surface area contributed by atoms with Gasteiger partial charge >= 0.3 is 0 Å². The van der Waals surface area contributed by atoms with Crippen molar-refractivity contribution in [3.8, 4) is 0 Å². The topological polar surface area (TPSA) is 43.2 Å². The van der Waals surface area contributed by atoms with E-state index in [0.29, 0.717) is 18.7 Å². The van der Waals surface area contributed by atoms with E-state index in [0.717, 1.165) is 19.6 Å². The van der Waals surface area contributed by atoms with Crippen molar-refractivity contribution in [3.05, 3.63) is 47.8 Å². The molecule has 0 bridgehead atoms. The number of rotatable bonds is 5. The Morgan fingerprint density at radius 3 is 2.79 bits per heavy atom. The molecule has 2 aliphatic rings. The Labute approximate surface area is 143 Å². The minimum absolute atomic E-state index is 0.456. The highest BCUT2D eigenvalue weighted by molar-refractivity contribution is 5.19. The second-order valence-electron chi connectivity index (χ2n) is 7.09. The van der Waals surface area contributed by atoms with Crippen LogP contribution in [0.1, 0.15) is 42.6 Å². The van der Waals surface area contributed by atoms with Gasteiger partial charge in [-0.3, -0.25) is 9.88 Å². The van der Waals surface area contributed by atoms with E-state index in [9.17, 15) is 0 Å². The number of aromatic nitrogens is 3. The number of ether oxygens (including phenoxy) is 1. The van der Waals surface area contributed by atoms with Crippen LogP contribution < -0.4 is 0 Å². The van der Waals surface area contributed by atoms with Crippen molar-refractivity contribution in [2.75, 3.05) is 6.61 Å². The van der Waals surface area contributed by atoms with Crippen LogP contribution in [-0.4, -0.2) is 38.1 Å². The minimum atomic E-state index is 0.456. The Bertz CT molecular complexity index is 663. The van der Waals surface area contributed by atoms with Crippen molar-refractivity contribution in [2.24, 2.45) is 7.05 Å². The Kier molecular flexibility index (Phi) is 4.63. The standard InChI is InChI=1S/C19H26N4O/c1-22-14-21-18-11-23(16-4-2-3-5-16)17(10-19(18)22)13-24-12-15-6-8-20-9-7-15/h6-9,14,16-17H,2-5,10-13H2,1H3. The first kappa shape index (κ1) is 15.8. The van der Waals surface area contributed by atoms with Crippen molar-refractivity contribution < 1.29 is 4.74 Å². The third kappa shape index (κ3) is 3.23. The largest absolute Gasteiger partial charge is 0.375 e. The molecule has 1 fully saturated rings. The molecule has 5 nitrogen and oxygen atoms in total. The lowest BCUT2D eigenvalue weighted by Crippen LogP contribution is -2.48. The zero-order valence-corrected chi connectivity index (χ0v) is 14.4. The van der Waals surface area contributed by atoms with Crippen LogP contribution in [0.5, 0.6) is 0 Å². The summed E-state index contributed by atoms with van der Waals surface area (Å²) < 4.78 is 8.26. The third-order valence-corrected chi connectivity index (χ3v) is 5.50. The maximum Gasteiger partial charge on any atom is 0.0949 e. The van der Waals surface area contributed by atoms with Crippen LogP contribution in [0.15, 0.2) is 30.9 Å². The van der Waals surface area contributed by atoms with E-state index in [-0.39, 0.29) is 0 Å². The van der Waals surface area contributed by atoms with Crippen molar-refractivity contribution in [3.63, 3.8) is 0 Å². The molecule has 1 atom stereocenters. The summed E-state index contributed by atoms with van der Waals surface area (Å²) in [6.07, 6.45) is 12.0. The summed E-state index contributed by atoms with van der Waals surface area (Å²) in [6.45, 7) is 2.42. The minimum Gasteiger partial charge on any atom is -0.375 e. The van der Waals surface area contributed by atoms with Gasteiger partial charge in [-0.1, -0.05) is 12.8 Å². The predicted molar refractivity (Wildman–Crippen MR) is 92.4 cm³/mol. The highest BCUT2D eigenvalue weighted by Crippen LogP contribution is 2.31. The number of aryl methyl sites for hydroxylation is 1. The molecule has 0 N–H and O–H groups in total. The zero-order chi connectivity index (χ0) is 16.4. The molecule has 128 valence electrons. The monoisotopic (exact) mass is 326 g/mol. The SMILES string of the molecule is Cn1cnc2c1CC(COCc1ccncc1)N(C1CCCC1)C2. The smallest absolute Gasteiger partial charge is 0.0949 e. The second-order valence-corrected chi connectivity index (χ2v) is 7.09. The Morgan fingerprint density at radius 2 is 2.00 bits per heavy atom. The summed E-state index contributed by atoms with van der Waals surface area (Å²) in [5.41, 5.74) is 3.82. The van der Waals surface area contributed by atoms with Gasteiger partial charge in [-0.25, -0.2) is 4.98 Å². The van der Waals surface area contributed by atoms with Crippen molar-refractivity contribution >= 4 is 0 Å². The van der Waals surface area contributed by atoms with E-state index in [4.69, 9.17) is 4.74 Å². The summed E-state index contributed by atoms with van der Waals surface area (Å²) in [7, 11) is 2.10. The van der Waals surface area contributed by atoms with Crippen LogP contribution >= 0.6 is 0 Å². The van der Waals surface area contributed by atoms with Gasteiger partial charge in [-0.15, -0.1) is 0 Å². The van der Waals surface area contributed by atoms with Gasteiger partial charge in [0.2, 0.25) is 0 Å². The normalized spacial score (nSPS) is 22.0. The van der Waals surface area contributed by atoms with Crippen LogP contribution in [0.25, 0.3) is 0 Å². The van der Waals surface area contributed by atoms with E-state index >= 15 is 0 Å². The number of pyridine rings is 1. The quantitative estimate of drug-likeness (QED) is 0.847. The molecule has 3 heterocycles. The second kappa shape index (κ2) is 7.03. The van der Waals surface area contributed by atoms with E-state index < -0.39 is 0 Å².